The van der Waals surface area contributed by atoms with Crippen LogP contribution in [0.2, 0.25) is 5.02 Å². The van der Waals surface area contributed by atoms with E-state index in [1.54, 1.807) is 12.1 Å². The maximum atomic E-state index is 13.2. The molecule has 3 unspecified atom stereocenters. The zero-order valence-electron chi connectivity index (χ0n) is 14.7. The number of hydrogen-bond donors (Lipinski definition) is 2. The minimum atomic E-state index is -3.79. The van der Waals surface area contributed by atoms with Crippen molar-refractivity contribution in [1.82, 2.24) is 5.32 Å². The van der Waals surface area contributed by atoms with Gasteiger partial charge < -0.3 is 10.2 Å². The lowest BCUT2D eigenvalue weighted by Crippen LogP contribution is -2.36. The summed E-state index contributed by atoms with van der Waals surface area (Å²) >= 11 is 7.56. The van der Waals surface area contributed by atoms with Crippen molar-refractivity contribution >= 4 is 42.7 Å². The van der Waals surface area contributed by atoms with Gasteiger partial charge in [0.1, 0.15) is 5.66 Å². The molecule has 0 fully saturated rings. The number of carbonyl (C=O) groups is 1. The highest BCUT2D eigenvalue weighted by atomic mass is 35.5. The quantitative estimate of drug-likeness (QED) is 0.647. The lowest BCUT2D eigenvalue weighted by atomic mass is 9.97. The van der Waals surface area contributed by atoms with E-state index in [0.717, 1.165) is 29.3 Å². The molecule has 1 aliphatic heterocycles. The lowest BCUT2D eigenvalue weighted by Gasteiger charge is -2.25. The Morgan fingerprint density at radius 3 is 2.75 bits per heavy atom. The summed E-state index contributed by atoms with van der Waals surface area (Å²) in [6.45, 7) is 1.16. The third-order valence-corrected chi connectivity index (χ3v) is 7.47. The van der Waals surface area contributed by atoms with Crippen molar-refractivity contribution in [2.75, 3.05) is 12.4 Å². The summed E-state index contributed by atoms with van der Waals surface area (Å²) in [5.74, 6) is -2.57. The predicted octanol–water partition coefficient (Wildman–Crippen LogP) is 4.86. The molecule has 0 saturated carbocycles. The predicted molar refractivity (Wildman–Crippen MR) is 108 cm³/mol. The van der Waals surface area contributed by atoms with E-state index in [2.05, 4.69) is 5.32 Å². The largest absolute Gasteiger partial charge is 0.344 e. The zero-order chi connectivity index (χ0) is 20.5. The Balaban J connectivity index is 1.81. The van der Waals surface area contributed by atoms with Gasteiger partial charge in [0.05, 0.1) is 0 Å². The number of nitrogens with one attached hydrogen (secondary N) is 1. The van der Waals surface area contributed by atoms with Gasteiger partial charge in [0.25, 0.3) is 0 Å². The fourth-order valence-corrected chi connectivity index (χ4v) is 6.17. The third-order valence-electron chi connectivity index (χ3n) is 4.40. The van der Waals surface area contributed by atoms with Crippen LogP contribution in [-0.4, -0.2) is 28.9 Å². The van der Waals surface area contributed by atoms with E-state index >= 15 is 0 Å². The molecule has 4 nitrogen and oxygen atoms in total. The van der Waals surface area contributed by atoms with Crippen molar-refractivity contribution in [2.45, 2.75) is 16.5 Å². The molecule has 0 spiro atoms. The first-order chi connectivity index (χ1) is 13.2. The summed E-state index contributed by atoms with van der Waals surface area (Å²) in [5, 5.41) is 2.98. The van der Waals surface area contributed by atoms with Gasteiger partial charge in [-0.15, -0.1) is 11.8 Å². The Morgan fingerprint density at radius 1 is 1.32 bits per heavy atom. The van der Waals surface area contributed by atoms with Crippen LogP contribution >= 0.6 is 30.7 Å². The van der Waals surface area contributed by atoms with Crippen molar-refractivity contribution in [1.29, 1.82) is 0 Å². The van der Waals surface area contributed by atoms with E-state index < -0.39 is 36.5 Å². The standard InChI is InChI=1S/C19H17ClF2NO3PS/c1-27(25,26)18(14-10-28-17-5-3-12(20)9-13(14)17)19(24)23-7-6-11-2-4-15(21)16(22)8-11/h2-9,14,18H,10H2,1H3,(H,23,24)(H,25,26)/b7-6+. The molecule has 0 saturated heterocycles. The van der Waals surface area contributed by atoms with E-state index in [-0.39, 0.29) is 0 Å². The number of benzene rings is 2. The van der Waals surface area contributed by atoms with Gasteiger partial charge in [0, 0.05) is 34.5 Å². The van der Waals surface area contributed by atoms with Crippen molar-refractivity contribution in [2.24, 2.45) is 0 Å². The van der Waals surface area contributed by atoms with Crippen LogP contribution in [0.25, 0.3) is 6.08 Å². The normalized spacial score (nSPS) is 19.2. The summed E-state index contributed by atoms with van der Waals surface area (Å²) in [7, 11) is -3.79. The van der Waals surface area contributed by atoms with Crippen LogP contribution in [0, 0.1) is 11.6 Å². The smallest absolute Gasteiger partial charge is 0.237 e. The molecule has 3 rings (SSSR count). The number of halogens is 3. The SMILES string of the molecule is CP(=O)(O)C(C(=O)N/C=C/c1ccc(F)c(F)c1)C1CSc2ccc(Cl)cc21. The summed E-state index contributed by atoms with van der Waals surface area (Å²) in [4.78, 5) is 23.9. The van der Waals surface area contributed by atoms with Crippen LogP contribution in [0.5, 0.6) is 0 Å². The molecule has 148 valence electrons. The average molecular weight is 444 g/mol. The molecule has 9 heteroatoms. The van der Waals surface area contributed by atoms with Gasteiger partial charge in [-0.1, -0.05) is 17.7 Å². The molecule has 2 aromatic carbocycles. The van der Waals surface area contributed by atoms with E-state index in [1.807, 2.05) is 6.07 Å². The maximum absolute atomic E-state index is 13.2. The van der Waals surface area contributed by atoms with E-state index in [1.165, 1.54) is 30.1 Å². The van der Waals surface area contributed by atoms with Crippen LogP contribution in [0.15, 0.2) is 47.5 Å². The molecule has 0 bridgehead atoms. The lowest BCUT2D eigenvalue weighted by molar-refractivity contribution is -0.120. The van der Waals surface area contributed by atoms with Gasteiger partial charge in [-0.05, 0) is 47.5 Å². The monoisotopic (exact) mass is 443 g/mol. The number of carbonyl (C=O) groups excluding carboxylic acids is 1. The first kappa shape index (κ1) is 21.1. The highest BCUT2D eigenvalue weighted by Gasteiger charge is 2.43. The first-order valence-corrected chi connectivity index (χ1v) is 11.8. The molecule has 0 aliphatic carbocycles. The topological polar surface area (TPSA) is 66.4 Å². The van der Waals surface area contributed by atoms with Crippen LogP contribution in [-0.2, 0) is 9.36 Å². The number of hydrogen-bond acceptors (Lipinski definition) is 3. The maximum Gasteiger partial charge on any atom is 0.237 e. The molecule has 3 atom stereocenters. The van der Waals surface area contributed by atoms with Crippen molar-refractivity contribution in [3.8, 4) is 0 Å². The Labute approximate surface area is 170 Å². The fourth-order valence-electron chi connectivity index (χ4n) is 3.13. The van der Waals surface area contributed by atoms with E-state index in [9.17, 15) is 23.0 Å². The van der Waals surface area contributed by atoms with Gasteiger partial charge in [0.15, 0.2) is 11.6 Å². The first-order valence-electron chi connectivity index (χ1n) is 8.31. The van der Waals surface area contributed by atoms with Crippen molar-refractivity contribution < 1.29 is 23.0 Å². The third kappa shape index (κ3) is 4.66. The van der Waals surface area contributed by atoms with Gasteiger partial charge in [-0.3, -0.25) is 9.36 Å². The van der Waals surface area contributed by atoms with Gasteiger partial charge in [-0.25, -0.2) is 8.78 Å². The molecule has 1 heterocycles. The minimum absolute atomic E-state index is 0.341. The second-order valence-electron chi connectivity index (χ2n) is 6.50. The molecular formula is C19H17ClF2NO3PS. The molecule has 1 amide bonds. The summed E-state index contributed by atoms with van der Waals surface area (Å²) < 4.78 is 38.7. The minimum Gasteiger partial charge on any atom is -0.344 e. The number of thioether (sulfide) groups is 1. The Morgan fingerprint density at radius 2 is 2.07 bits per heavy atom. The van der Waals surface area contributed by atoms with Crippen molar-refractivity contribution in [3.63, 3.8) is 0 Å². The average Bonchev–Trinajstić information content (AvgIpc) is 3.00. The number of rotatable bonds is 5. The van der Waals surface area contributed by atoms with E-state index in [0.29, 0.717) is 16.3 Å². The summed E-state index contributed by atoms with van der Waals surface area (Å²) in [6, 6.07) is 8.59. The summed E-state index contributed by atoms with van der Waals surface area (Å²) in [5.41, 5.74) is -0.0411. The Kier molecular flexibility index (Phi) is 6.30. The van der Waals surface area contributed by atoms with E-state index in [4.69, 9.17) is 11.6 Å². The van der Waals surface area contributed by atoms with Crippen molar-refractivity contribution in [3.05, 3.63) is 70.4 Å². The summed E-state index contributed by atoms with van der Waals surface area (Å²) in [6.07, 6.45) is 2.63. The second-order valence-corrected chi connectivity index (χ2v) is 10.4. The van der Waals surface area contributed by atoms with Crippen LogP contribution in [0.4, 0.5) is 8.78 Å². The van der Waals surface area contributed by atoms with Crippen LogP contribution in [0.1, 0.15) is 17.0 Å². The number of amides is 1. The molecule has 0 aromatic heterocycles. The zero-order valence-corrected chi connectivity index (χ0v) is 17.2. The number of fused-ring (bicyclic) bond motifs is 1. The second kappa shape index (κ2) is 8.37. The highest BCUT2D eigenvalue weighted by molar-refractivity contribution is 7.99. The highest BCUT2D eigenvalue weighted by Crippen LogP contribution is 2.54. The molecule has 0 radical (unpaired) electrons. The molecular weight excluding hydrogens is 427 g/mol. The Bertz CT molecular complexity index is 995. The van der Waals surface area contributed by atoms with Crippen LogP contribution in [0.3, 0.4) is 0 Å². The van der Waals surface area contributed by atoms with Gasteiger partial charge >= 0.3 is 0 Å². The Hall–Kier alpha value is -1.66. The molecule has 2 N–H and O–H groups in total. The van der Waals surface area contributed by atoms with Gasteiger partial charge in [0.2, 0.25) is 13.3 Å². The van der Waals surface area contributed by atoms with Gasteiger partial charge in [-0.2, -0.15) is 0 Å². The molecule has 2 aromatic rings. The molecule has 28 heavy (non-hydrogen) atoms. The van der Waals surface area contributed by atoms with Crippen LogP contribution < -0.4 is 5.32 Å². The molecule has 1 aliphatic rings. The fraction of sp³-hybridized carbons (Fsp3) is 0.211.